The second-order valence-electron chi connectivity index (χ2n) is 7.52. The summed E-state index contributed by atoms with van der Waals surface area (Å²) >= 11 is 0. The first-order valence-electron chi connectivity index (χ1n) is 9.07. The zero-order chi connectivity index (χ0) is 16.7. The highest BCUT2D eigenvalue weighted by molar-refractivity contribution is 7.92. The Hall–Kier alpha value is -1.11. The van der Waals surface area contributed by atoms with Crippen LogP contribution in [0, 0.1) is 5.92 Å². The molecule has 2 heterocycles. The second-order valence-corrected chi connectivity index (χ2v) is 9.43. The Balaban J connectivity index is 1.37. The van der Waals surface area contributed by atoms with Crippen LogP contribution in [0.25, 0.3) is 0 Å². The average molecular weight is 350 g/mol. The molecule has 2 fully saturated rings. The Morgan fingerprint density at radius 1 is 1.29 bits per heavy atom. The third-order valence-electron chi connectivity index (χ3n) is 5.70. The summed E-state index contributed by atoms with van der Waals surface area (Å²) in [7, 11) is -3.15. The van der Waals surface area contributed by atoms with Crippen molar-refractivity contribution in [3.05, 3.63) is 29.3 Å². The molecule has 6 heteroatoms. The van der Waals surface area contributed by atoms with Crippen molar-refractivity contribution >= 4 is 15.7 Å². The predicted molar refractivity (Wildman–Crippen MR) is 97.1 cm³/mol. The number of anilines is 1. The smallest absolute Gasteiger partial charge is 0.232 e. The molecular formula is C18H27N3O2S. The number of piperidine rings is 1. The number of rotatable bonds is 5. The summed E-state index contributed by atoms with van der Waals surface area (Å²) in [4.78, 5) is 0. The summed E-state index contributed by atoms with van der Waals surface area (Å²) in [6, 6.07) is 6.96. The molecule has 0 amide bonds. The molecule has 0 radical (unpaired) electrons. The molecule has 4 rings (SSSR count). The Morgan fingerprint density at radius 2 is 2.08 bits per heavy atom. The maximum absolute atomic E-state index is 11.8. The number of nitrogens with one attached hydrogen (secondary N) is 2. The monoisotopic (exact) mass is 349 g/mol. The highest BCUT2D eigenvalue weighted by Gasteiger charge is 2.39. The van der Waals surface area contributed by atoms with Crippen LogP contribution < -0.4 is 14.9 Å². The standard InChI is InChI=1S/C18H27N3O2S/c1-24(22,23)21-9-6-15-10-14(2-3-18(15)21)16-11-17(16)20-12-13-4-7-19-8-5-13/h2-3,10,13,16-17,19-20H,4-9,11-12H2,1H3/t16-,17+/m0/s1. The van der Waals surface area contributed by atoms with Crippen molar-refractivity contribution in [2.24, 2.45) is 5.92 Å². The SMILES string of the molecule is CS(=O)(=O)N1CCc2cc([C@@H]3C[C@H]3NCC3CCNCC3)ccc21. The minimum Gasteiger partial charge on any atom is -0.317 e. The van der Waals surface area contributed by atoms with E-state index in [1.807, 2.05) is 6.07 Å². The molecule has 2 aliphatic heterocycles. The van der Waals surface area contributed by atoms with E-state index in [4.69, 9.17) is 0 Å². The van der Waals surface area contributed by atoms with Crippen molar-refractivity contribution in [3.63, 3.8) is 0 Å². The van der Waals surface area contributed by atoms with Crippen LogP contribution in [0.5, 0.6) is 0 Å². The van der Waals surface area contributed by atoms with E-state index in [-0.39, 0.29) is 0 Å². The molecule has 0 aromatic heterocycles. The average Bonchev–Trinajstić information content (AvgIpc) is 3.21. The Labute approximate surface area is 144 Å². The van der Waals surface area contributed by atoms with Crippen molar-refractivity contribution < 1.29 is 8.42 Å². The van der Waals surface area contributed by atoms with Gasteiger partial charge in [-0.05, 0) is 68.4 Å². The molecule has 1 saturated carbocycles. The van der Waals surface area contributed by atoms with Gasteiger partial charge in [-0.15, -0.1) is 0 Å². The number of fused-ring (bicyclic) bond motifs is 1. The molecule has 0 spiro atoms. The van der Waals surface area contributed by atoms with Crippen molar-refractivity contribution in [1.82, 2.24) is 10.6 Å². The lowest BCUT2D eigenvalue weighted by Crippen LogP contribution is -2.34. The Morgan fingerprint density at radius 3 is 2.83 bits per heavy atom. The van der Waals surface area contributed by atoms with Gasteiger partial charge in [-0.25, -0.2) is 8.42 Å². The van der Waals surface area contributed by atoms with E-state index >= 15 is 0 Å². The van der Waals surface area contributed by atoms with Crippen LogP contribution in [0.2, 0.25) is 0 Å². The van der Waals surface area contributed by atoms with Crippen LogP contribution in [-0.4, -0.2) is 46.9 Å². The van der Waals surface area contributed by atoms with Crippen LogP contribution in [0.1, 0.15) is 36.3 Å². The van der Waals surface area contributed by atoms with E-state index in [0.717, 1.165) is 37.7 Å². The van der Waals surface area contributed by atoms with Gasteiger partial charge >= 0.3 is 0 Å². The number of hydrogen-bond acceptors (Lipinski definition) is 4. The fourth-order valence-corrected chi connectivity index (χ4v) is 5.12. The van der Waals surface area contributed by atoms with Crippen LogP contribution >= 0.6 is 0 Å². The summed E-state index contributed by atoms with van der Waals surface area (Å²) in [6.45, 7) is 4.03. The summed E-state index contributed by atoms with van der Waals surface area (Å²) in [6.07, 6.45) is 5.89. The predicted octanol–water partition coefficient (Wildman–Crippen LogP) is 1.45. The molecule has 1 saturated heterocycles. The molecule has 3 aliphatic rings. The fraction of sp³-hybridized carbons (Fsp3) is 0.667. The molecular weight excluding hydrogens is 322 g/mol. The maximum atomic E-state index is 11.8. The van der Waals surface area contributed by atoms with E-state index in [1.165, 1.54) is 41.0 Å². The van der Waals surface area contributed by atoms with Crippen LogP contribution in [0.3, 0.4) is 0 Å². The normalized spacial score (nSPS) is 27.3. The van der Waals surface area contributed by atoms with E-state index < -0.39 is 10.0 Å². The lowest BCUT2D eigenvalue weighted by atomic mass is 9.98. The highest BCUT2D eigenvalue weighted by atomic mass is 32.2. The Kier molecular flexibility index (Phi) is 4.31. The van der Waals surface area contributed by atoms with Gasteiger partial charge in [0.2, 0.25) is 10.0 Å². The third-order valence-corrected chi connectivity index (χ3v) is 6.88. The lowest BCUT2D eigenvalue weighted by Gasteiger charge is -2.23. The largest absolute Gasteiger partial charge is 0.317 e. The first-order valence-corrected chi connectivity index (χ1v) is 10.9. The van der Waals surface area contributed by atoms with Crippen LogP contribution in [-0.2, 0) is 16.4 Å². The van der Waals surface area contributed by atoms with Crippen LogP contribution in [0.4, 0.5) is 5.69 Å². The van der Waals surface area contributed by atoms with Crippen molar-refractivity contribution in [2.45, 2.75) is 37.6 Å². The van der Waals surface area contributed by atoms with Gasteiger partial charge in [0.15, 0.2) is 0 Å². The minimum absolute atomic E-state index is 0.583. The zero-order valence-electron chi connectivity index (χ0n) is 14.3. The summed E-state index contributed by atoms with van der Waals surface area (Å²) in [5.41, 5.74) is 3.43. The number of nitrogens with zero attached hydrogens (tertiary/aromatic N) is 1. The number of sulfonamides is 1. The molecule has 0 unspecified atom stereocenters. The summed E-state index contributed by atoms with van der Waals surface area (Å²) in [5, 5.41) is 7.16. The molecule has 1 aromatic carbocycles. The first-order chi connectivity index (χ1) is 11.5. The molecule has 5 nitrogen and oxygen atoms in total. The molecule has 132 valence electrons. The van der Waals surface area contributed by atoms with Gasteiger partial charge < -0.3 is 10.6 Å². The second kappa shape index (κ2) is 6.32. The zero-order valence-corrected chi connectivity index (χ0v) is 15.1. The van der Waals surface area contributed by atoms with Crippen molar-refractivity contribution in [1.29, 1.82) is 0 Å². The minimum atomic E-state index is -3.15. The van der Waals surface area contributed by atoms with Gasteiger partial charge in [0.05, 0.1) is 11.9 Å². The van der Waals surface area contributed by atoms with Crippen molar-refractivity contribution in [2.75, 3.05) is 36.7 Å². The van der Waals surface area contributed by atoms with Gasteiger partial charge in [-0.2, -0.15) is 0 Å². The van der Waals surface area contributed by atoms with E-state index in [2.05, 4.69) is 22.8 Å². The molecule has 2 atom stereocenters. The lowest BCUT2D eigenvalue weighted by molar-refractivity contribution is 0.355. The van der Waals surface area contributed by atoms with E-state index in [0.29, 0.717) is 18.5 Å². The van der Waals surface area contributed by atoms with Crippen molar-refractivity contribution in [3.8, 4) is 0 Å². The number of benzene rings is 1. The van der Waals surface area contributed by atoms with Gasteiger partial charge in [0.25, 0.3) is 0 Å². The third kappa shape index (κ3) is 3.32. The molecule has 0 bridgehead atoms. The molecule has 1 aromatic rings. The topological polar surface area (TPSA) is 61.4 Å². The van der Waals surface area contributed by atoms with E-state index in [1.54, 1.807) is 0 Å². The van der Waals surface area contributed by atoms with Gasteiger partial charge in [-0.1, -0.05) is 12.1 Å². The van der Waals surface area contributed by atoms with Gasteiger partial charge in [0, 0.05) is 18.5 Å². The quantitative estimate of drug-likeness (QED) is 0.845. The summed E-state index contributed by atoms with van der Waals surface area (Å²) in [5.74, 6) is 1.42. The fourth-order valence-electron chi connectivity index (χ4n) is 4.16. The summed E-state index contributed by atoms with van der Waals surface area (Å²) < 4.78 is 25.2. The van der Waals surface area contributed by atoms with E-state index in [9.17, 15) is 8.42 Å². The Bertz CT molecular complexity index is 713. The van der Waals surface area contributed by atoms with Gasteiger partial charge in [-0.3, -0.25) is 4.31 Å². The van der Waals surface area contributed by atoms with Gasteiger partial charge in [0.1, 0.15) is 0 Å². The van der Waals surface area contributed by atoms with Crippen LogP contribution in [0.15, 0.2) is 18.2 Å². The first kappa shape index (κ1) is 16.4. The molecule has 2 N–H and O–H groups in total. The molecule has 1 aliphatic carbocycles. The maximum Gasteiger partial charge on any atom is 0.232 e. The number of hydrogen-bond donors (Lipinski definition) is 2. The highest BCUT2D eigenvalue weighted by Crippen LogP contribution is 2.43. The molecule has 24 heavy (non-hydrogen) atoms.